The first-order chi connectivity index (χ1) is 6.65. The van der Waals surface area contributed by atoms with Crippen molar-refractivity contribution >= 4 is 11.8 Å². The van der Waals surface area contributed by atoms with E-state index in [0.29, 0.717) is 19.7 Å². The van der Waals surface area contributed by atoms with Gasteiger partial charge in [-0.15, -0.1) is 0 Å². The molecule has 1 heterocycles. The zero-order valence-electron chi connectivity index (χ0n) is 8.65. The number of rotatable bonds is 3. The molecule has 1 aliphatic rings. The Hall–Kier alpha value is -1.10. The molecule has 0 N–H and O–H groups in total. The summed E-state index contributed by atoms with van der Waals surface area (Å²) in [6.45, 7) is 3.83. The maximum absolute atomic E-state index is 11.4. The van der Waals surface area contributed by atoms with E-state index in [0.717, 1.165) is 0 Å². The fourth-order valence-electron chi connectivity index (χ4n) is 1.25. The molecule has 0 unspecified atom stereocenters. The summed E-state index contributed by atoms with van der Waals surface area (Å²) in [6, 6.07) is 0. The zero-order valence-corrected chi connectivity index (χ0v) is 8.65. The highest BCUT2D eigenvalue weighted by Crippen LogP contribution is 2.01. The van der Waals surface area contributed by atoms with Crippen LogP contribution in [0.1, 0.15) is 6.92 Å². The molecule has 0 aromatic carbocycles. The molecule has 5 nitrogen and oxygen atoms in total. The van der Waals surface area contributed by atoms with Crippen LogP contribution < -0.4 is 0 Å². The monoisotopic (exact) mass is 200 g/mol. The molecular weight excluding hydrogens is 184 g/mol. The number of carbonyl (C=O) groups is 2. The van der Waals surface area contributed by atoms with Crippen molar-refractivity contribution in [2.75, 3.05) is 39.9 Å². The maximum Gasteiger partial charge on any atom is 0.249 e. The van der Waals surface area contributed by atoms with Gasteiger partial charge in [0, 0.05) is 26.7 Å². The lowest BCUT2D eigenvalue weighted by atomic mass is 10.3. The first-order valence-electron chi connectivity index (χ1n) is 4.74. The number of ether oxygens (including phenoxy) is 1. The summed E-state index contributed by atoms with van der Waals surface area (Å²) in [7, 11) is 1.74. The van der Waals surface area contributed by atoms with Crippen LogP contribution in [0, 0.1) is 0 Å². The van der Waals surface area contributed by atoms with Crippen LogP contribution in [-0.4, -0.2) is 61.5 Å². The van der Waals surface area contributed by atoms with Crippen LogP contribution in [-0.2, 0) is 14.3 Å². The highest BCUT2D eigenvalue weighted by molar-refractivity contribution is 5.86. The van der Waals surface area contributed by atoms with E-state index >= 15 is 0 Å². The Morgan fingerprint density at radius 2 is 2.21 bits per heavy atom. The number of nitrogens with zero attached hydrogens (tertiary/aromatic N) is 2. The van der Waals surface area contributed by atoms with Crippen LogP contribution in [0.3, 0.4) is 0 Å². The highest BCUT2D eigenvalue weighted by Gasteiger charge is 2.24. The maximum atomic E-state index is 11.4. The van der Waals surface area contributed by atoms with E-state index in [1.807, 2.05) is 6.92 Å². The van der Waals surface area contributed by atoms with Gasteiger partial charge in [-0.05, 0) is 6.92 Å². The molecule has 2 amide bonds. The van der Waals surface area contributed by atoms with E-state index in [4.69, 9.17) is 4.74 Å². The number of piperazine rings is 1. The second-order valence-corrected chi connectivity index (χ2v) is 3.27. The largest absolute Gasteiger partial charge is 0.372 e. The van der Waals surface area contributed by atoms with Gasteiger partial charge in [-0.2, -0.15) is 0 Å². The second kappa shape index (κ2) is 4.95. The molecule has 0 saturated carbocycles. The highest BCUT2D eigenvalue weighted by atomic mass is 16.5. The van der Waals surface area contributed by atoms with Crippen molar-refractivity contribution in [3.05, 3.63) is 0 Å². The van der Waals surface area contributed by atoms with Crippen LogP contribution in [0.15, 0.2) is 0 Å². The van der Waals surface area contributed by atoms with Gasteiger partial charge >= 0.3 is 0 Å². The van der Waals surface area contributed by atoms with Gasteiger partial charge in [0.15, 0.2) is 0 Å². The van der Waals surface area contributed by atoms with E-state index in [2.05, 4.69) is 0 Å². The first kappa shape index (κ1) is 11.0. The minimum Gasteiger partial charge on any atom is -0.372 e. The van der Waals surface area contributed by atoms with E-state index in [1.54, 1.807) is 11.9 Å². The van der Waals surface area contributed by atoms with Crippen LogP contribution >= 0.6 is 0 Å². The third-order valence-corrected chi connectivity index (χ3v) is 2.24. The molecule has 5 heteroatoms. The predicted molar refractivity (Wildman–Crippen MR) is 50.7 cm³/mol. The average Bonchev–Trinajstić information content (AvgIpc) is 2.18. The molecule has 1 fully saturated rings. The lowest BCUT2D eigenvalue weighted by Crippen LogP contribution is -2.51. The number of amides is 2. The first-order valence-corrected chi connectivity index (χ1v) is 4.74. The Morgan fingerprint density at radius 1 is 1.50 bits per heavy atom. The van der Waals surface area contributed by atoms with Gasteiger partial charge < -0.3 is 14.5 Å². The molecule has 1 saturated heterocycles. The van der Waals surface area contributed by atoms with Crippen molar-refractivity contribution in [1.82, 2.24) is 9.80 Å². The lowest BCUT2D eigenvalue weighted by Gasteiger charge is -2.31. The topological polar surface area (TPSA) is 49.9 Å². The van der Waals surface area contributed by atoms with Crippen molar-refractivity contribution in [3.8, 4) is 0 Å². The molecule has 0 spiro atoms. The summed E-state index contributed by atoms with van der Waals surface area (Å²) in [5, 5.41) is 0. The number of likely N-dealkylation sites (N-methyl/N-ethyl adjacent to an activating group) is 1. The van der Waals surface area contributed by atoms with Gasteiger partial charge in [-0.1, -0.05) is 0 Å². The standard InChI is InChI=1S/C9H16N2O3/c1-3-14-7-9(13)11-5-4-10(2)8(12)6-11/h3-7H2,1-2H3. The SMILES string of the molecule is CCOCC(=O)N1CCN(C)C(=O)C1. The summed E-state index contributed by atoms with van der Waals surface area (Å²) in [5.41, 5.74) is 0. The quantitative estimate of drug-likeness (QED) is 0.606. The fourth-order valence-corrected chi connectivity index (χ4v) is 1.25. The Balaban J connectivity index is 2.38. The Labute approximate surface area is 83.6 Å². The van der Waals surface area contributed by atoms with Crippen LogP contribution in [0.25, 0.3) is 0 Å². The van der Waals surface area contributed by atoms with Crippen molar-refractivity contribution < 1.29 is 14.3 Å². The summed E-state index contributed by atoms with van der Waals surface area (Å²) >= 11 is 0. The van der Waals surface area contributed by atoms with Gasteiger partial charge in [-0.3, -0.25) is 9.59 Å². The van der Waals surface area contributed by atoms with Gasteiger partial charge in [-0.25, -0.2) is 0 Å². The van der Waals surface area contributed by atoms with E-state index in [9.17, 15) is 9.59 Å². The molecule has 1 rings (SSSR count). The minimum absolute atomic E-state index is 0.0129. The van der Waals surface area contributed by atoms with Crippen molar-refractivity contribution in [2.24, 2.45) is 0 Å². The Morgan fingerprint density at radius 3 is 2.79 bits per heavy atom. The summed E-state index contributed by atoms with van der Waals surface area (Å²) in [6.07, 6.45) is 0. The number of carbonyl (C=O) groups excluding carboxylic acids is 2. The Kier molecular flexibility index (Phi) is 3.88. The minimum atomic E-state index is -0.103. The normalized spacial score (nSPS) is 17.4. The molecule has 0 aromatic heterocycles. The Bertz CT molecular complexity index is 230. The van der Waals surface area contributed by atoms with Crippen molar-refractivity contribution in [3.63, 3.8) is 0 Å². The molecule has 0 aromatic rings. The van der Waals surface area contributed by atoms with Gasteiger partial charge in [0.1, 0.15) is 6.61 Å². The van der Waals surface area contributed by atoms with Gasteiger partial charge in [0.05, 0.1) is 6.54 Å². The molecule has 0 atom stereocenters. The van der Waals surface area contributed by atoms with E-state index < -0.39 is 0 Å². The van der Waals surface area contributed by atoms with E-state index in [-0.39, 0.29) is 25.0 Å². The van der Waals surface area contributed by atoms with Crippen molar-refractivity contribution in [2.45, 2.75) is 6.92 Å². The van der Waals surface area contributed by atoms with Gasteiger partial charge in [0.2, 0.25) is 11.8 Å². The number of hydrogen-bond acceptors (Lipinski definition) is 3. The van der Waals surface area contributed by atoms with E-state index in [1.165, 1.54) is 4.90 Å². The van der Waals surface area contributed by atoms with Crippen LogP contribution in [0.4, 0.5) is 0 Å². The fraction of sp³-hybridized carbons (Fsp3) is 0.778. The summed E-state index contributed by atoms with van der Waals surface area (Å²) in [5.74, 6) is -0.116. The molecular formula is C9H16N2O3. The lowest BCUT2D eigenvalue weighted by molar-refractivity contribution is -0.146. The zero-order chi connectivity index (χ0) is 10.6. The predicted octanol–water partition coefficient (Wildman–Crippen LogP) is -0.676. The summed E-state index contributed by atoms with van der Waals surface area (Å²) < 4.78 is 4.99. The van der Waals surface area contributed by atoms with Crippen molar-refractivity contribution in [1.29, 1.82) is 0 Å². The third-order valence-electron chi connectivity index (χ3n) is 2.24. The molecule has 0 bridgehead atoms. The summed E-state index contributed by atoms with van der Waals surface area (Å²) in [4.78, 5) is 25.9. The second-order valence-electron chi connectivity index (χ2n) is 3.27. The van der Waals surface area contributed by atoms with Crippen LogP contribution in [0.5, 0.6) is 0 Å². The molecule has 80 valence electrons. The number of hydrogen-bond donors (Lipinski definition) is 0. The van der Waals surface area contributed by atoms with Crippen LogP contribution in [0.2, 0.25) is 0 Å². The molecule has 14 heavy (non-hydrogen) atoms. The molecule has 0 radical (unpaired) electrons. The average molecular weight is 200 g/mol. The smallest absolute Gasteiger partial charge is 0.249 e. The molecule has 0 aliphatic carbocycles. The third kappa shape index (κ3) is 2.70. The molecule has 1 aliphatic heterocycles. The van der Waals surface area contributed by atoms with Gasteiger partial charge in [0.25, 0.3) is 0 Å².